The number of halogens is 2. The normalized spacial score (nSPS) is 10.9. The van der Waals surface area contributed by atoms with E-state index in [0.717, 1.165) is 23.1 Å². The van der Waals surface area contributed by atoms with Crippen molar-refractivity contribution in [1.82, 2.24) is 14.9 Å². The van der Waals surface area contributed by atoms with E-state index in [1.54, 1.807) is 24.4 Å². The van der Waals surface area contributed by atoms with Crippen LogP contribution in [0.4, 0.5) is 11.6 Å². The summed E-state index contributed by atoms with van der Waals surface area (Å²) < 4.78 is 7.03. The SMILES string of the molecule is Nn1c(N/N=C/c2cccc(Oc3ccccc3)c2)nnc1SCC(=O)Nc1cc(Cl)ccc1Cl. The number of anilines is 2. The van der Waals surface area contributed by atoms with Crippen LogP contribution in [-0.2, 0) is 4.79 Å². The standard InChI is InChI=1S/C23H19Cl2N7O2S/c24-16-9-10-19(25)20(12-16)28-21(33)14-35-23-31-30-22(32(23)26)29-27-13-15-5-4-8-18(11-15)34-17-6-2-1-3-7-17/h1-13H,14,26H2,(H,28,33)(H,29,30)/b27-13+. The molecule has 0 bridgehead atoms. The first-order valence-corrected chi connectivity index (χ1v) is 11.9. The van der Waals surface area contributed by atoms with E-state index in [2.05, 4.69) is 26.0 Å². The highest BCUT2D eigenvalue weighted by Gasteiger charge is 2.13. The lowest BCUT2D eigenvalue weighted by Crippen LogP contribution is -2.17. The summed E-state index contributed by atoms with van der Waals surface area (Å²) in [5.41, 5.74) is 3.97. The maximum Gasteiger partial charge on any atom is 0.264 e. The fourth-order valence-corrected chi connectivity index (χ4v) is 3.80. The maximum atomic E-state index is 12.3. The molecular weight excluding hydrogens is 509 g/mol. The predicted molar refractivity (Wildman–Crippen MR) is 140 cm³/mol. The van der Waals surface area contributed by atoms with Gasteiger partial charge in [0.15, 0.2) is 0 Å². The van der Waals surface area contributed by atoms with Crippen LogP contribution in [0.1, 0.15) is 5.56 Å². The minimum atomic E-state index is -0.299. The third-order valence-corrected chi connectivity index (χ3v) is 5.92. The number of ether oxygens (including phenoxy) is 1. The number of nitrogens with one attached hydrogen (secondary N) is 2. The van der Waals surface area contributed by atoms with Crippen LogP contribution in [0.3, 0.4) is 0 Å². The van der Waals surface area contributed by atoms with E-state index in [1.807, 2.05) is 54.6 Å². The third-order valence-electron chi connectivity index (χ3n) is 4.41. The number of benzene rings is 3. The molecule has 4 rings (SSSR count). The molecule has 0 saturated carbocycles. The lowest BCUT2D eigenvalue weighted by Gasteiger charge is -2.07. The zero-order valence-corrected chi connectivity index (χ0v) is 20.4. The average molecular weight is 528 g/mol. The van der Waals surface area contributed by atoms with Crippen molar-refractivity contribution >= 4 is 58.7 Å². The molecule has 0 radical (unpaired) electrons. The van der Waals surface area contributed by atoms with Crippen LogP contribution in [0.15, 0.2) is 83.1 Å². The van der Waals surface area contributed by atoms with Gasteiger partial charge in [0.1, 0.15) is 11.5 Å². The summed E-state index contributed by atoms with van der Waals surface area (Å²) >= 11 is 13.1. The van der Waals surface area contributed by atoms with Crippen LogP contribution < -0.4 is 21.3 Å². The van der Waals surface area contributed by atoms with Gasteiger partial charge in [-0.15, -0.1) is 10.2 Å². The highest BCUT2D eigenvalue weighted by Crippen LogP contribution is 2.26. The Balaban J connectivity index is 1.31. The molecule has 0 unspecified atom stereocenters. The number of nitrogens with two attached hydrogens (primary N) is 1. The smallest absolute Gasteiger partial charge is 0.264 e. The van der Waals surface area contributed by atoms with Crippen molar-refractivity contribution < 1.29 is 9.53 Å². The molecular formula is C23H19Cl2N7O2S. The summed E-state index contributed by atoms with van der Waals surface area (Å²) in [6.45, 7) is 0. The van der Waals surface area contributed by atoms with Gasteiger partial charge in [0.05, 0.1) is 22.7 Å². The summed E-state index contributed by atoms with van der Waals surface area (Å²) in [5, 5.41) is 16.0. The molecule has 35 heavy (non-hydrogen) atoms. The number of rotatable bonds is 9. The van der Waals surface area contributed by atoms with Crippen molar-refractivity contribution in [1.29, 1.82) is 0 Å². The van der Waals surface area contributed by atoms with Gasteiger partial charge < -0.3 is 15.9 Å². The van der Waals surface area contributed by atoms with Gasteiger partial charge in [-0.3, -0.25) is 4.79 Å². The van der Waals surface area contributed by atoms with Crippen LogP contribution in [0.2, 0.25) is 10.0 Å². The zero-order chi connectivity index (χ0) is 24.6. The summed E-state index contributed by atoms with van der Waals surface area (Å²) in [7, 11) is 0. The first-order valence-electron chi connectivity index (χ1n) is 10.2. The van der Waals surface area contributed by atoms with Gasteiger partial charge in [-0.1, -0.05) is 65.3 Å². The summed E-state index contributed by atoms with van der Waals surface area (Å²) in [6.07, 6.45) is 1.60. The molecule has 0 aliphatic rings. The number of amides is 1. The van der Waals surface area contributed by atoms with Crippen molar-refractivity contribution in [2.24, 2.45) is 5.10 Å². The fraction of sp³-hybridized carbons (Fsp3) is 0.0435. The van der Waals surface area contributed by atoms with E-state index in [-0.39, 0.29) is 17.6 Å². The molecule has 3 aromatic carbocycles. The topological polar surface area (TPSA) is 119 Å². The number of hydrogen-bond donors (Lipinski definition) is 3. The van der Waals surface area contributed by atoms with Gasteiger partial charge in [0.2, 0.25) is 11.1 Å². The van der Waals surface area contributed by atoms with E-state index in [0.29, 0.717) is 26.6 Å². The average Bonchev–Trinajstić information content (AvgIpc) is 3.20. The minimum absolute atomic E-state index is 0.0374. The summed E-state index contributed by atoms with van der Waals surface area (Å²) in [6, 6.07) is 21.7. The van der Waals surface area contributed by atoms with Gasteiger partial charge >= 0.3 is 0 Å². The van der Waals surface area contributed by atoms with Crippen LogP contribution >= 0.6 is 35.0 Å². The van der Waals surface area contributed by atoms with Crippen molar-refractivity contribution in [3.63, 3.8) is 0 Å². The Morgan fingerprint density at radius 3 is 2.69 bits per heavy atom. The summed E-state index contributed by atoms with van der Waals surface area (Å²) in [4.78, 5) is 12.3. The number of aromatic nitrogens is 3. The number of hydrazone groups is 1. The Kier molecular flexibility index (Phi) is 8.09. The molecule has 0 fully saturated rings. The van der Waals surface area contributed by atoms with Crippen LogP contribution in [-0.4, -0.2) is 32.7 Å². The van der Waals surface area contributed by atoms with Gasteiger partial charge in [0, 0.05) is 5.02 Å². The van der Waals surface area contributed by atoms with E-state index >= 15 is 0 Å². The molecule has 1 amide bonds. The van der Waals surface area contributed by atoms with Gasteiger partial charge in [-0.25, -0.2) is 10.1 Å². The third kappa shape index (κ3) is 6.89. The van der Waals surface area contributed by atoms with Crippen LogP contribution in [0, 0.1) is 0 Å². The van der Waals surface area contributed by atoms with E-state index in [9.17, 15) is 4.79 Å². The van der Waals surface area contributed by atoms with Crippen molar-refractivity contribution in [2.75, 3.05) is 22.3 Å². The van der Waals surface area contributed by atoms with Crippen molar-refractivity contribution in [2.45, 2.75) is 5.16 Å². The quantitative estimate of drug-likeness (QED) is 0.117. The second kappa shape index (κ2) is 11.6. The number of carbonyl (C=O) groups is 1. The molecule has 0 saturated heterocycles. The molecule has 0 spiro atoms. The van der Waals surface area contributed by atoms with Crippen LogP contribution in [0.5, 0.6) is 11.5 Å². The Bertz CT molecular complexity index is 1350. The highest BCUT2D eigenvalue weighted by molar-refractivity contribution is 7.99. The fourth-order valence-electron chi connectivity index (χ4n) is 2.81. The van der Waals surface area contributed by atoms with Gasteiger partial charge in [0.25, 0.3) is 5.95 Å². The second-order valence-electron chi connectivity index (χ2n) is 6.99. The molecule has 1 heterocycles. The van der Waals surface area contributed by atoms with E-state index in [4.69, 9.17) is 33.8 Å². The number of hydrogen-bond acceptors (Lipinski definition) is 8. The Labute approximate surface area is 215 Å². The Morgan fingerprint density at radius 2 is 1.86 bits per heavy atom. The number of para-hydroxylation sites is 1. The zero-order valence-electron chi connectivity index (χ0n) is 18.1. The van der Waals surface area contributed by atoms with E-state index < -0.39 is 0 Å². The van der Waals surface area contributed by atoms with Crippen molar-refractivity contribution in [3.05, 3.63) is 88.4 Å². The van der Waals surface area contributed by atoms with Crippen molar-refractivity contribution in [3.8, 4) is 11.5 Å². The van der Waals surface area contributed by atoms with E-state index in [1.165, 1.54) is 4.68 Å². The maximum absolute atomic E-state index is 12.3. The predicted octanol–water partition coefficient (Wildman–Crippen LogP) is 5.27. The summed E-state index contributed by atoms with van der Waals surface area (Å²) in [5.74, 6) is 7.39. The minimum Gasteiger partial charge on any atom is -0.457 e. The molecule has 178 valence electrons. The molecule has 4 N–H and O–H groups in total. The van der Waals surface area contributed by atoms with Crippen LogP contribution in [0.25, 0.3) is 0 Å². The lowest BCUT2D eigenvalue weighted by molar-refractivity contribution is -0.113. The van der Waals surface area contributed by atoms with Gasteiger partial charge in [-0.2, -0.15) is 5.10 Å². The molecule has 0 atom stereocenters. The number of nitrogens with zero attached hydrogens (tertiary/aromatic N) is 4. The molecule has 9 nitrogen and oxygen atoms in total. The lowest BCUT2D eigenvalue weighted by atomic mass is 10.2. The molecule has 0 aliphatic carbocycles. The largest absolute Gasteiger partial charge is 0.457 e. The molecule has 1 aromatic heterocycles. The highest BCUT2D eigenvalue weighted by atomic mass is 35.5. The Morgan fingerprint density at radius 1 is 1.06 bits per heavy atom. The number of nitrogen functional groups attached to an aromatic ring is 1. The Hall–Kier alpha value is -3.73. The number of carbonyl (C=O) groups excluding carboxylic acids is 1. The van der Waals surface area contributed by atoms with Gasteiger partial charge in [-0.05, 0) is 48.0 Å². The first kappa shape index (κ1) is 24.4. The first-order chi connectivity index (χ1) is 17.0. The molecule has 0 aliphatic heterocycles. The molecule has 12 heteroatoms. The molecule has 4 aromatic rings. The number of thioether (sulfide) groups is 1. The monoisotopic (exact) mass is 527 g/mol. The second-order valence-corrected chi connectivity index (χ2v) is 8.78.